The van der Waals surface area contributed by atoms with E-state index >= 15 is 0 Å². The van der Waals surface area contributed by atoms with E-state index in [1.165, 1.54) is 0 Å². The summed E-state index contributed by atoms with van der Waals surface area (Å²) in [6.45, 7) is 1.57. The zero-order valence-corrected chi connectivity index (χ0v) is 16.2. The SMILES string of the molecule is O=C1OC2(CCN(c3ncc(-c4ccc(Br)cc4)[nH]3)CC2)c2ccccc21. The zero-order chi connectivity index (χ0) is 18.4. The number of hydrogen-bond donors (Lipinski definition) is 1. The molecule has 0 radical (unpaired) electrons. The fourth-order valence-corrected chi connectivity index (χ4v) is 4.31. The maximum atomic E-state index is 12.2. The summed E-state index contributed by atoms with van der Waals surface area (Å²) in [5, 5.41) is 0. The Morgan fingerprint density at radius 1 is 1.07 bits per heavy atom. The fraction of sp³-hybridized carbons (Fsp3) is 0.238. The molecule has 3 aromatic rings. The van der Waals surface area contributed by atoms with Crippen LogP contribution in [-0.4, -0.2) is 29.0 Å². The number of rotatable bonds is 2. The first-order chi connectivity index (χ1) is 13.1. The van der Waals surface area contributed by atoms with E-state index in [0.717, 1.165) is 53.2 Å². The lowest BCUT2D eigenvalue weighted by Gasteiger charge is -2.38. The molecular formula is C21H18BrN3O2. The van der Waals surface area contributed by atoms with Crippen molar-refractivity contribution in [1.29, 1.82) is 0 Å². The normalized spacial score (nSPS) is 17.8. The molecule has 0 atom stereocenters. The molecule has 1 spiro atoms. The van der Waals surface area contributed by atoms with Crippen molar-refractivity contribution in [3.05, 3.63) is 70.3 Å². The summed E-state index contributed by atoms with van der Waals surface area (Å²) in [5.41, 5.74) is 3.36. The number of halogens is 1. The number of carbonyl (C=O) groups excluding carboxylic acids is 1. The predicted molar refractivity (Wildman–Crippen MR) is 107 cm³/mol. The highest BCUT2D eigenvalue weighted by Gasteiger charge is 2.47. The second-order valence-electron chi connectivity index (χ2n) is 7.04. The van der Waals surface area contributed by atoms with Crippen LogP contribution in [0.1, 0.15) is 28.8 Å². The van der Waals surface area contributed by atoms with Crippen molar-refractivity contribution in [2.45, 2.75) is 18.4 Å². The molecular weight excluding hydrogens is 406 g/mol. The van der Waals surface area contributed by atoms with E-state index < -0.39 is 5.60 Å². The van der Waals surface area contributed by atoms with Gasteiger partial charge in [-0.15, -0.1) is 0 Å². The zero-order valence-electron chi connectivity index (χ0n) is 14.6. The van der Waals surface area contributed by atoms with Crippen molar-refractivity contribution < 1.29 is 9.53 Å². The number of imidazole rings is 1. The summed E-state index contributed by atoms with van der Waals surface area (Å²) in [6, 6.07) is 15.9. The molecule has 1 N–H and O–H groups in total. The summed E-state index contributed by atoms with van der Waals surface area (Å²) >= 11 is 3.46. The standard InChI is InChI=1S/C21H18BrN3O2/c22-15-7-5-14(6-8-15)18-13-23-20(24-18)25-11-9-21(10-12-25)17-4-2-1-3-16(17)19(26)27-21/h1-8,13H,9-12H2,(H,23,24). The number of hydrogen-bond acceptors (Lipinski definition) is 4. The molecule has 6 heteroatoms. The molecule has 0 bridgehead atoms. The number of H-pyrrole nitrogens is 1. The van der Waals surface area contributed by atoms with Crippen LogP contribution < -0.4 is 4.90 Å². The Balaban J connectivity index is 1.35. The largest absolute Gasteiger partial charge is 0.450 e. The number of fused-ring (bicyclic) bond motifs is 2. The average Bonchev–Trinajstić information content (AvgIpc) is 3.28. The van der Waals surface area contributed by atoms with Crippen LogP contribution in [0.15, 0.2) is 59.2 Å². The number of carbonyl (C=O) groups is 1. The minimum atomic E-state index is -0.481. The van der Waals surface area contributed by atoms with E-state index in [1.807, 2.05) is 42.6 Å². The van der Waals surface area contributed by atoms with Crippen LogP contribution in [0, 0.1) is 0 Å². The molecule has 2 aliphatic rings. The molecule has 136 valence electrons. The quantitative estimate of drug-likeness (QED) is 0.616. The Kier molecular flexibility index (Phi) is 3.82. The Morgan fingerprint density at radius 2 is 1.81 bits per heavy atom. The lowest BCUT2D eigenvalue weighted by Crippen LogP contribution is -2.43. The van der Waals surface area contributed by atoms with Crippen molar-refractivity contribution in [1.82, 2.24) is 9.97 Å². The molecule has 27 heavy (non-hydrogen) atoms. The van der Waals surface area contributed by atoms with Crippen LogP contribution >= 0.6 is 15.9 Å². The van der Waals surface area contributed by atoms with Crippen molar-refractivity contribution in [3.63, 3.8) is 0 Å². The summed E-state index contributed by atoms with van der Waals surface area (Å²) in [4.78, 5) is 22.4. The van der Waals surface area contributed by atoms with Gasteiger partial charge in [-0.25, -0.2) is 9.78 Å². The molecule has 5 nitrogen and oxygen atoms in total. The molecule has 1 aromatic heterocycles. The van der Waals surface area contributed by atoms with Gasteiger partial charge < -0.3 is 14.6 Å². The number of nitrogens with zero attached hydrogens (tertiary/aromatic N) is 2. The molecule has 2 aromatic carbocycles. The topological polar surface area (TPSA) is 58.2 Å². The van der Waals surface area contributed by atoms with Gasteiger partial charge in [0.25, 0.3) is 0 Å². The van der Waals surface area contributed by atoms with Gasteiger partial charge in [0.05, 0.1) is 17.5 Å². The summed E-state index contributed by atoms with van der Waals surface area (Å²) in [5.74, 6) is 0.662. The van der Waals surface area contributed by atoms with Gasteiger partial charge in [0.2, 0.25) is 5.95 Å². The third kappa shape index (κ3) is 2.75. The summed E-state index contributed by atoms with van der Waals surface area (Å²) in [6.07, 6.45) is 3.40. The molecule has 0 unspecified atom stereocenters. The van der Waals surface area contributed by atoms with Crippen LogP contribution in [0.4, 0.5) is 5.95 Å². The summed E-state index contributed by atoms with van der Waals surface area (Å²) in [7, 11) is 0. The van der Waals surface area contributed by atoms with Gasteiger partial charge in [-0.1, -0.05) is 46.3 Å². The van der Waals surface area contributed by atoms with Crippen LogP contribution in [0.5, 0.6) is 0 Å². The number of aromatic amines is 1. The maximum Gasteiger partial charge on any atom is 0.339 e. The van der Waals surface area contributed by atoms with E-state index in [0.29, 0.717) is 5.56 Å². The second-order valence-corrected chi connectivity index (χ2v) is 7.96. The van der Waals surface area contributed by atoms with Gasteiger partial charge in [0, 0.05) is 36.0 Å². The number of esters is 1. The van der Waals surface area contributed by atoms with E-state index in [1.54, 1.807) is 0 Å². The Hall–Kier alpha value is -2.60. The van der Waals surface area contributed by atoms with Gasteiger partial charge in [0.1, 0.15) is 5.60 Å². The first kappa shape index (κ1) is 16.6. The average molecular weight is 424 g/mol. The van der Waals surface area contributed by atoms with E-state index in [2.05, 4.69) is 42.9 Å². The highest BCUT2D eigenvalue weighted by atomic mass is 79.9. The van der Waals surface area contributed by atoms with Crippen LogP contribution in [0.3, 0.4) is 0 Å². The number of ether oxygens (including phenoxy) is 1. The third-order valence-electron chi connectivity index (χ3n) is 5.51. The third-order valence-corrected chi connectivity index (χ3v) is 6.04. The smallest absolute Gasteiger partial charge is 0.339 e. The van der Waals surface area contributed by atoms with Gasteiger partial charge in [-0.2, -0.15) is 0 Å². The number of aromatic nitrogens is 2. The molecule has 2 aliphatic heterocycles. The highest BCUT2D eigenvalue weighted by molar-refractivity contribution is 9.10. The molecule has 1 fully saturated rings. The van der Waals surface area contributed by atoms with Crippen molar-refractivity contribution in [2.75, 3.05) is 18.0 Å². The fourth-order valence-electron chi connectivity index (χ4n) is 4.04. The maximum absolute atomic E-state index is 12.2. The van der Waals surface area contributed by atoms with Crippen LogP contribution in [0.25, 0.3) is 11.3 Å². The van der Waals surface area contributed by atoms with Gasteiger partial charge >= 0.3 is 5.97 Å². The number of benzene rings is 2. The summed E-state index contributed by atoms with van der Waals surface area (Å²) < 4.78 is 6.88. The Bertz CT molecular complexity index is 1000. The first-order valence-corrected chi connectivity index (χ1v) is 9.83. The monoisotopic (exact) mass is 423 g/mol. The number of nitrogens with one attached hydrogen (secondary N) is 1. The van der Waals surface area contributed by atoms with Gasteiger partial charge in [-0.3, -0.25) is 0 Å². The predicted octanol–water partition coefficient (Wildman–Crippen LogP) is 4.51. The molecule has 0 saturated carbocycles. The highest BCUT2D eigenvalue weighted by Crippen LogP contribution is 2.44. The van der Waals surface area contributed by atoms with E-state index in [4.69, 9.17) is 4.74 Å². The molecule has 0 amide bonds. The minimum absolute atomic E-state index is 0.199. The van der Waals surface area contributed by atoms with Crippen LogP contribution in [-0.2, 0) is 10.3 Å². The lowest BCUT2D eigenvalue weighted by molar-refractivity contribution is -0.0211. The number of piperidine rings is 1. The molecule has 5 rings (SSSR count). The van der Waals surface area contributed by atoms with Crippen molar-refractivity contribution in [2.24, 2.45) is 0 Å². The Labute approximate surface area is 165 Å². The van der Waals surface area contributed by atoms with Gasteiger partial charge in [-0.05, 0) is 23.8 Å². The number of anilines is 1. The van der Waals surface area contributed by atoms with Crippen LogP contribution in [0.2, 0.25) is 0 Å². The Morgan fingerprint density at radius 3 is 2.59 bits per heavy atom. The molecule has 1 saturated heterocycles. The minimum Gasteiger partial charge on any atom is -0.450 e. The lowest BCUT2D eigenvalue weighted by atomic mass is 9.84. The van der Waals surface area contributed by atoms with E-state index in [-0.39, 0.29) is 5.97 Å². The van der Waals surface area contributed by atoms with Crippen molar-refractivity contribution in [3.8, 4) is 11.3 Å². The van der Waals surface area contributed by atoms with Crippen molar-refractivity contribution >= 4 is 27.8 Å². The molecule has 0 aliphatic carbocycles. The second kappa shape index (κ2) is 6.23. The van der Waals surface area contributed by atoms with E-state index in [9.17, 15) is 4.79 Å². The van der Waals surface area contributed by atoms with Gasteiger partial charge in [0.15, 0.2) is 0 Å². The first-order valence-electron chi connectivity index (χ1n) is 9.03. The molecule has 3 heterocycles.